The van der Waals surface area contributed by atoms with Crippen molar-refractivity contribution in [2.75, 3.05) is 11.1 Å². The Kier molecular flexibility index (Phi) is 6.67. The first kappa shape index (κ1) is 21.8. The van der Waals surface area contributed by atoms with Crippen molar-refractivity contribution in [2.24, 2.45) is 7.05 Å². The highest BCUT2D eigenvalue weighted by Gasteiger charge is 2.16. The van der Waals surface area contributed by atoms with Crippen molar-refractivity contribution in [1.82, 2.24) is 29.5 Å². The fourth-order valence-corrected chi connectivity index (χ4v) is 3.93. The number of hydrogen-bond donors (Lipinski definition) is 1. The van der Waals surface area contributed by atoms with Crippen molar-refractivity contribution in [2.45, 2.75) is 11.7 Å². The third-order valence-corrected chi connectivity index (χ3v) is 5.81. The number of nitrogens with zero attached hydrogens (tertiary/aromatic N) is 6. The maximum Gasteiger partial charge on any atom is 0.235 e. The number of rotatable bonds is 8. The molecule has 0 unspecified atom stereocenters. The van der Waals surface area contributed by atoms with E-state index in [1.54, 1.807) is 42.3 Å². The fraction of sp³-hybridized carbons (Fsp3) is 0.136. The van der Waals surface area contributed by atoms with Crippen LogP contribution in [0.1, 0.15) is 0 Å². The molecule has 1 amide bonds. The summed E-state index contributed by atoms with van der Waals surface area (Å²) in [5.74, 6) is 1.31. The van der Waals surface area contributed by atoms with Gasteiger partial charge in [-0.05, 0) is 24.3 Å². The molecule has 3 heterocycles. The molecule has 4 aromatic rings. The van der Waals surface area contributed by atoms with Crippen molar-refractivity contribution < 1.29 is 4.79 Å². The molecule has 10 heteroatoms. The number of carbonyl (C=O) groups excluding carboxylic acids is 1. The summed E-state index contributed by atoms with van der Waals surface area (Å²) < 4.78 is 3.55. The lowest BCUT2D eigenvalue weighted by molar-refractivity contribution is -0.113. The minimum atomic E-state index is -0.167. The molecule has 162 valence electrons. The van der Waals surface area contributed by atoms with Gasteiger partial charge in [0.2, 0.25) is 5.91 Å². The van der Waals surface area contributed by atoms with Crippen LogP contribution < -0.4 is 5.32 Å². The number of halogens is 1. The summed E-state index contributed by atoms with van der Waals surface area (Å²) in [6.07, 6.45) is 5.18. The Morgan fingerprint density at radius 2 is 1.91 bits per heavy atom. The van der Waals surface area contributed by atoms with Gasteiger partial charge in [-0.3, -0.25) is 19.0 Å². The van der Waals surface area contributed by atoms with E-state index in [-0.39, 0.29) is 11.7 Å². The Hall–Kier alpha value is -3.43. The minimum Gasteiger partial charge on any atom is -0.310 e. The molecule has 0 spiro atoms. The zero-order chi connectivity index (χ0) is 22.5. The number of thioether (sulfide) groups is 1. The smallest absolute Gasteiger partial charge is 0.235 e. The second-order valence-corrected chi connectivity index (χ2v) is 8.20. The van der Waals surface area contributed by atoms with Crippen LogP contribution >= 0.6 is 23.4 Å². The van der Waals surface area contributed by atoms with E-state index in [0.717, 1.165) is 16.8 Å². The lowest BCUT2D eigenvalue weighted by atomic mass is 10.1. The zero-order valence-corrected chi connectivity index (χ0v) is 18.8. The van der Waals surface area contributed by atoms with E-state index in [1.165, 1.54) is 11.8 Å². The molecule has 0 aliphatic carbocycles. The van der Waals surface area contributed by atoms with Gasteiger partial charge in [-0.2, -0.15) is 5.10 Å². The van der Waals surface area contributed by atoms with Crippen LogP contribution in [0.3, 0.4) is 0 Å². The molecule has 8 nitrogen and oxygen atoms in total. The molecule has 0 aliphatic heterocycles. The molecule has 1 aromatic carbocycles. The van der Waals surface area contributed by atoms with Crippen LogP contribution in [0.25, 0.3) is 22.6 Å². The highest BCUT2D eigenvalue weighted by Crippen LogP contribution is 2.25. The lowest BCUT2D eigenvalue weighted by Crippen LogP contribution is -2.16. The molecule has 0 saturated carbocycles. The summed E-state index contributed by atoms with van der Waals surface area (Å²) in [5.41, 5.74) is 2.57. The first-order chi connectivity index (χ1) is 15.5. The molecular weight excluding hydrogens is 446 g/mol. The molecule has 3 aromatic heterocycles. The number of aromatic nitrogens is 6. The second kappa shape index (κ2) is 9.80. The molecule has 1 N–H and O–H groups in total. The average Bonchev–Trinajstić information content (AvgIpc) is 3.37. The van der Waals surface area contributed by atoms with Crippen molar-refractivity contribution >= 4 is 35.1 Å². The molecule has 0 bridgehead atoms. The van der Waals surface area contributed by atoms with Crippen LogP contribution in [0.5, 0.6) is 0 Å². The third kappa shape index (κ3) is 4.90. The van der Waals surface area contributed by atoms with Crippen LogP contribution in [0, 0.1) is 0 Å². The Morgan fingerprint density at radius 3 is 2.62 bits per heavy atom. The third-order valence-electron chi connectivity index (χ3n) is 4.59. The van der Waals surface area contributed by atoms with Gasteiger partial charge in [0, 0.05) is 48.2 Å². The predicted octanol–water partition coefficient (Wildman–Crippen LogP) is 4.31. The van der Waals surface area contributed by atoms with E-state index in [9.17, 15) is 4.79 Å². The van der Waals surface area contributed by atoms with Gasteiger partial charge in [-0.15, -0.1) is 16.8 Å². The number of pyridine rings is 1. The number of carbonyl (C=O) groups is 1. The molecule has 0 atom stereocenters. The second-order valence-electron chi connectivity index (χ2n) is 6.82. The largest absolute Gasteiger partial charge is 0.310 e. The quantitative estimate of drug-likeness (QED) is 0.308. The number of hydrogen-bond acceptors (Lipinski definition) is 6. The summed E-state index contributed by atoms with van der Waals surface area (Å²) in [6, 6.07) is 12.9. The van der Waals surface area contributed by atoms with E-state index in [0.29, 0.717) is 28.4 Å². The van der Waals surface area contributed by atoms with Gasteiger partial charge >= 0.3 is 0 Å². The Labute approximate surface area is 194 Å². The molecule has 0 fully saturated rings. The van der Waals surface area contributed by atoms with Gasteiger partial charge in [0.25, 0.3) is 0 Å². The Morgan fingerprint density at radius 1 is 1.16 bits per heavy atom. The molecule has 32 heavy (non-hydrogen) atoms. The highest BCUT2D eigenvalue weighted by atomic mass is 35.5. The molecule has 4 rings (SSSR count). The van der Waals surface area contributed by atoms with E-state index in [1.807, 2.05) is 34.9 Å². The van der Waals surface area contributed by atoms with Crippen LogP contribution in [0.2, 0.25) is 5.02 Å². The van der Waals surface area contributed by atoms with Crippen molar-refractivity contribution in [1.29, 1.82) is 0 Å². The first-order valence-corrected chi connectivity index (χ1v) is 11.1. The van der Waals surface area contributed by atoms with Gasteiger partial charge in [-0.1, -0.05) is 41.6 Å². The van der Waals surface area contributed by atoms with Gasteiger partial charge in [-0.25, -0.2) is 0 Å². The first-order valence-electron chi connectivity index (χ1n) is 9.72. The number of benzene rings is 1. The summed E-state index contributed by atoms with van der Waals surface area (Å²) >= 11 is 7.26. The summed E-state index contributed by atoms with van der Waals surface area (Å²) in [5, 5.41) is 17.2. The van der Waals surface area contributed by atoms with Gasteiger partial charge in [0.05, 0.1) is 11.4 Å². The van der Waals surface area contributed by atoms with E-state index >= 15 is 0 Å². The fourth-order valence-electron chi connectivity index (χ4n) is 3.06. The maximum absolute atomic E-state index is 12.6. The summed E-state index contributed by atoms with van der Waals surface area (Å²) in [4.78, 5) is 16.6. The van der Waals surface area contributed by atoms with Gasteiger partial charge < -0.3 is 5.32 Å². The standard InChI is InChI=1S/C22H20ClN7OS/c1-3-12-30-21(16-8-10-24-11-9-16)26-27-22(30)32-14-20(31)25-19-13-18(28-29(19)2)15-4-6-17(23)7-5-15/h3-11,13H,1,12,14H2,2H3,(H,25,31). The van der Waals surface area contributed by atoms with Crippen LogP contribution in [0.15, 0.2) is 72.7 Å². The molecule has 0 aliphatic rings. The number of amides is 1. The molecule has 0 saturated heterocycles. The average molecular weight is 466 g/mol. The normalized spacial score (nSPS) is 10.8. The number of allylic oxidation sites excluding steroid dienone is 1. The van der Waals surface area contributed by atoms with Crippen LogP contribution in [-0.4, -0.2) is 41.2 Å². The van der Waals surface area contributed by atoms with Gasteiger partial charge in [0.15, 0.2) is 11.0 Å². The number of anilines is 1. The topological polar surface area (TPSA) is 90.5 Å². The van der Waals surface area contributed by atoms with E-state index in [4.69, 9.17) is 11.6 Å². The molecular formula is C22H20ClN7OS. The van der Waals surface area contributed by atoms with Crippen molar-refractivity contribution in [3.05, 3.63) is 72.5 Å². The van der Waals surface area contributed by atoms with Crippen LogP contribution in [-0.2, 0) is 18.4 Å². The minimum absolute atomic E-state index is 0.167. The van der Waals surface area contributed by atoms with E-state index < -0.39 is 0 Å². The molecule has 0 radical (unpaired) electrons. The monoisotopic (exact) mass is 465 g/mol. The summed E-state index contributed by atoms with van der Waals surface area (Å²) in [7, 11) is 1.78. The Balaban J connectivity index is 1.44. The summed E-state index contributed by atoms with van der Waals surface area (Å²) in [6.45, 7) is 4.34. The van der Waals surface area contributed by atoms with Crippen LogP contribution in [0.4, 0.5) is 5.82 Å². The maximum atomic E-state index is 12.6. The highest BCUT2D eigenvalue weighted by molar-refractivity contribution is 7.99. The Bertz CT molecular complexity index is 1240. The SMILES string of the molecule is C=CCn1c(SCC(=O)Nc2cc(-c3ccc(Cl)cc3)nn2C)nnc1-c1ccncc1. The lowest BCUT2D eigenvalue weighted by Gasteiger charge is -2.08. The van der Waals surface area contributed by atoms with Crippen molar-refractivity contribution in [3.63, 3.8) is 0 Å². The van der Waals surface area contributed by atoms with Gasteiger partial charge in [0.1, 0.15) is 5.82 Å². The number of aryl methyl sites for hydroxylation is 1. The van der Waals surface area contributed by atoms with Crippen molar-refractivity contribution in [3.8, 4) is 22.6 Å². The predicted molar refractivity (Wildman–Crippen MR) is 126 cm³/mol. The zero-order valence-electron chi connectivity index (χ0n) is 17.3. The number of nitrogens with one attached hydrogen (secondary N) is 1. The van der Waals surface area contributed by atoms with E-state index in [2.05, 4.69) is 32.2 Å².